The predicted octanol–water partition coefficient (Wildman–Crippen LogP) is -5.70. The first-order chi connectivity index (χ1) is 5.78. The maximum Gasteiger partial charge on any atom is 2.00 e. The van der Waals surface area contributed by atoms with Crippen LogP contribution in [-0.2, 0) is 40.2 Å². The Bertz CT molecular complexity index is 239. The zero-order chi connectivity index (χ0) is 10.6. The summed E-state index contributed by atoms with van der Waals surface area (Å²) in [6, 6.07) is 0. The molecule has 0 aromatic rings. The fourth-order valence-corrected chi connectivity index (χ4v) is 0.684. The third-order valence-electron chi connectivity index (χ3n) is 1.25. The summed E-state index contributed by atoms with van der Waals surface area (Å²) in [7, 11) is 0. The molecule has 0 aliphatic carbocycles. The molecule has 0 spiro atoms. The van der Waals surface area contributed by atoms with Crippen molar-refractivity contribution in [2.45, 2.75) is 18.4 Å². The van der Waals surface area contributed by atoms with Crippen molar-refractivity contribution in [1.82, 2.24) is 6.15 Å². The topological polar surface area (TPSA) is 209 Å². The summed E-state index contributed by atoms with van der Waals surface area (Å²) in [5, 5.41) is 38.9. The van der Waals surface area contributed by atoms with Crippen LogP contribution in [0.2, 0.25) is 0 Å². The summed E-state index contributed by atoms with van der Waals surface area (Å²) in [5.74, 6) is -5.98. The van der Waals surface area contributed by atoms with Gasteiger partial charge in [0.2, 0.25) is 0 Å². The molecule has 7 N–H and O–H groups in total. The largest absolute Gasteiger partial charge is 2.00 e. The SMILES string of the molecule is O.O=C([O-])CC(O)(CC(=O)[O-])C(=O)[O-].[Hf+2].[NH4+]. The van der Waals surface area contributed by atoms with Crippen LogP contribution in [0.3, 0.4) is 0 Å². The molecule has 0 amide bonds. The molecule has 0 saturated carbocycles. The van der Waals surface area contributed by atoms with E-state index in [1.165, 1.54) is 0 Å². The number of hydrogen-bond acceptors (Lipinski definition) is 7. The van der Waals surface area contributed by atoms with Crippen LogP contribution in [0.25, 0.3) is 0 Å². The molecular weight excluding hydrogens is 393 g/mol. The van der Waals surface area contributed by atoms with Gasteiger partial charge in [-0.2, -0.15) is 0 Å². The van der Waals surface area contributed by atoms with Crippen molar-refractivity contribution in [2.75, 3.05) is 0 Å². The number of carbonyl (C=O) groups is 3. The molecule has 0 bridgehead atoms. The number of quaternary nitrogens is 1. The van der Waals surface area contributed by atoms with Crippen LogP contribution in [0.4, 0.5) is 0 Å². The average Bonchev–Trinajstić information content (AvgIpc) is 1.82. The van der Waals surface area contributed by atoms with Gasteiger partial charge in [-0.3, -0.25) is 0 Å². The van der Waals surface area contributed by atoms with Gasteiger partial charge >= 0.3 is 25.8 Å². The molecule has 0 heterocycles. The van der Waals surface area contributed by atoms with Crippen LogP contribution in [0.1, 0.15) is 12.8 Å². The molecule has 0 unspecified atom stereocenters. The smallest absolute Gasteiger partial charge is 0.550 e. The third-order valence-corrected chi connectivity index (χ3v) is 1.25. The number of aliphatic carboxylic acids is 3. The van der Waals surface area contributed by atoms with Crippen molar-refractivity contribution in [3.05, 3.63) is 0 Å². The van der Waals surface area contributed by atoms with Gasteiger partial charge in [0.15, 0.2) is 0 Å². The molecule has 0 aliphatic rings. The van der Waals surface area contributed by atoms with Crippen molar-refractivity contribution >= 4 is 17.9 Å². The van der Waals surface area contributed by atoms with E-state index >= 15 is 0 Å². The fourth-order valence-electron chi connectivity index (χ4n) is 0.684. The van der Waals surface area contributed by atoms with Crippen LogP contribution in [0.5, 0.6) is 0 Å². The van der Waals surface area contributed by atoms with Crippen LogP contribution in [-0.4, -0.2) is 34.1 Å². The zero-order valence-electron chi connectivity index (χ0n) is 8.31. The zero-order valence-corrected chi connectivity index (χ0v) is 11.9. The van der Waals surface area contributed by atoms with Gasteiger partial charge in [0.05, 0.1) is 5.97 Å². The van der Waals surface area contributed by atoms with E-state index in [2.05, 4.69) is 0 Å². The molecule has 0 atom stereocenters. The second-order valence-electron chi connectivity index (χ2n) is 2.42. The van der Waals surface area contributed by atoms with Gasteiger partial charge in [0.1, 0.15) is 5.60 Å². The standard InChI is InChI=1S/C6H8O7.Hf.H3N.H2O/c7-3(8)1-6(13,5(11)12)2-4(9)10;;;/h13H,1-2H2,(H,7,8)(H,9,10)(H,11,12);;1H3;1H2/q;+2;;/p-2. The van der Waals surface area contributed by atoms with Crippen molar-refractivity contribution < 1.29 is 66.1 Å². The average molecular weight is 404 g/mol. The summed E-state index contributed by atoms with van der Waals surface area (Å²) in [4.78, 5) is 30.0. The van der Waals surface area contributed by atoms with Gasteiger partial charge in [-0.15, -0.1) is 0 Å². The molecule has 0 saturated heterocycles. The summed E-state index contributed by atoms with van der Waals surface area (Å²) in [6.07, 6.45) is -2.72. The van der Waals surface area contributed by atoms with Gasteiger partial charge < -0.3 is 46.4 Å². The number of hydrogen-bond donors (Lipinski definition) is 2. The van der Waals surface area contributed by atoms with E-state index in [-0.39, 0.29) is 37.5 Å². The van der Waals surface area contributed by atoms with Gasteiger partial charge in [0.25, 0.3) is 0 Å². The predicted molar refractivity (Wildman–Crippen MR) is 38.8 cm³/mol. The van der Waals surface area contributed by atoms with E-state index < -0.39 is 36.4 Å². The molecule has 0 aromatic carbocycles. The summed E-state index contributed by atoms with van der Waals surface area (Å²) in [6.45, 7) is 0. The second kappa shape index (κ2) is 9.39. The van der Waals surface area contributed by atoms with Crippen LogP contribution < -0.4 is 21.5 Å². The monoisotopic (exact) mass is 405 g/mol. The first-order valence-electron chi connectivity index (χ1n) is 3.11. The minimum atomic E-state index is -2.97. The van der Waals surface area contributed by atoms with Crippen LogP contribution >= 0.6 is 0 Å². The molecule has 16 heavy (non-hydrogen) atoms. The minimum Gasteiger partial charge on any atom is -0.550 e. The molecule has 9 nitrogen and oxygen atoms in total. The van der Waals surface area contributed by atoms with Gasteiger partial charge in [-0.25, -0.2) is 0 Å². The summed E-state index contributed by atoms with van der Waals surface area (Å²) >= 11 is 0. The maximum atomic E-state index is 10.1. The molecule has 0 aliphatic heterocycles. The van der Waals surface area contributed by atoms with Crippen molar-refractivity contribution in [3.63, 3.8) is 0 Å². The van der Waals surface area contributed by atoms with Crippen LogP contribution in [0.15, 0.2) is 0 Å². The summed E-state index contributed by atoms with van der Waals surface area (Å²) in [5.41, 5.74) is -2.97. The first kappa shape index (κ1) is 24.4. The van der Waals surface area contributed by atoms with Gasteiger partial charge in [-0.1, -0.05) is 0 Å². The molecular formula is C6H11HfNO8. The first-order valence-corrected chi connectivity index (χ1v) is 3.11. The molecule has 0 rings (SSSR count). The number of carboxylic acid groups (broad SMARTS) is 3. The molecule has 10 heteroatoms. The Labute approximate surface area is 109 Å². The fraction of sp³-hybridized carbons (Fsp3) is 0.500. The van der Waals surface area contributed by atoms with E-state index in [1.807, 2.05) is 0 Å². The van der Waals surface area contributed by atoms with Crippen LogP contribution in [0, 0.1) is 0 Å². The molecule has 0 aromatic heterocycles. The van der Waals surface area contributed by atoms with E-state index in [4.69, 9.17) is 5.11 Å². The second-order valence-corrected chi connectivity index (χ2v) is 2.42. The Morgan fingerprint density at radius 1 is 1.00 bits per heavy atom. The van der Waals surface area contributed by atoms with Crippen molar-refractivity contribution in [3.8, 4) is 0 Å². The minimum absolute atomic E-state index is 0. The Morgan fingerprint density at radius 3 is 1.38 bits per heavy atom. The Morgan fingerprint density at radius 2 is 1.25 bits per heavy atom. The van der Waals surface area contributed by atoms with E-state index in [0.29, 0.717) is 0 Å². The Hall–Kier alpha value is -0.840. The molecule has 92 valence electrons. The Kier molecular flexibility index (Phi) is 14.3. The van der Waals surface area contributed by atoms with Gasteiger partial charge in [-0.05, 0) is 0 Å². The normalized spacial score (nSPS) is 8.81. The van der Waals surface area contributed by atoms with Gasteiger partial charge in [0, 0.05) is 24.8 Å². The van der Waals surface area contributed by atoms with E-state index in [1.54, 1.807) is 0 Å². The summed E-state index contributed by atoms with van der Waals surface area (Å²) < 4.78 is 0. The van der Waals surface area contributed by atoms with Crippen molar-refractivity contribution in [2.24, 2.45) is 0 Å². The third kappa shape index (κ3) is 8.47. The number of rotatable bonds is 5. The van der Waals surface area contributed by atoms with E-state index in [0.717, 1.165) is 0 Å². The number of carboxylic acids is 3. The maximum absolute atomic E-state index is 10.1. The molecule has 0 radical (unpaired) electrons. The number of aliphatic hydroxyl groups is 1. The number of carbonyl (C=O) groups excluding carboxylic acids is 3. The Balaban J connectivity index is -0.000000240. The van der Waals surface area contributed by atoms with E-state index in [9.17, 15) is 29.7 Å². The quantitative estimate of drug-likeness (QED) is 0.424. The van der Waals surface area contributed by atoms with Crippen molar-refractivity contribution in [1.29, 1.82) is 0 Å². The molecule has 0 fully saturated rings.